The highest BCUT2D eigenvalue weighted by Gasteiger charge is 2.21. The van der Waals surface area contributed by atoms with Crippen molar-refractivity contribution < 1.29 is 0 Å². The van der Waals surface area contributed by atoms with Crippen LogP contribution in [0.5, 0.6) is 0 Å². The van der Waals surface area contributed by atoms with Crippen LogP contribution in [0.25, 0.3) is 93.7 Å². The molecular formula is C48H32N2. The van der Waals surface area contributed by atoms with Crippen molar-refractivity contribution in [2.45, 2.75) is 12.8 Å². The molecule has 2 aromatic heterocycles. The Kier molecular flexibility index (Phi) is 5.82. The van der Waals surface area contributed by atoms with Crippen molar-refractivity contribution in [3.63, 3.8) is 0 Å². The van der Waals surface area contributed by atoms with Gasteiger partial charge in [-0.25, -0.2) is 0 Å². The maximum Gasteiger partial charge on any atom is 0.0547 e. The molecule has 1 aliphatic rings. The van der Waals surface area contributed by atoms with Crippen molar-refractivity contribution in [2.75, 3.05) is 0 Å². The fourth-order valence-corrected chi connectivity index (χ4v) is 8.65. The van der Waals surface area contributed by atoms with E-state index in [-0.39, 0.29) is 0 Å². The number of fused-ring (bicyclic) bond motifs is 11. The fraction of sp³-hybridized carbons (Fsp3) is 0.0417. The summed E-state index contributed by atoms with van der Waals surface area (Å²) in [4.78, 5) is 0. The summed E-state index contributed by atoms with van der Waals surface area (Å²) in [6, 6.07) is 58.3. The van der Waals surface area contributed by atoms with Crippen LogP contribution in [0.2, 0.25) is 0 Å². The first kappa shape index (κ1) is 27.6. The van der Waals surface area contributed by atoms with Crippen molar-refractivity contribution in [1.29, 1.82) is 0 Å². The van der Waals surface area contributed by atoms with Gasteiger partial charge in [-0.3, -0.25) is 0 Å². The molecule has 2 nitrogen and oxygen atoms in total. The van der Waals surface area contributed by atoms with Crippen molar-refractivity contribution in [3.8, 4) is 22.5 Å². The van der Waals surface area contributed by atoms with E-state index in [0.29, 0.717) is 0 Å². The monoisotopic (exact) mass is 636 g/mol. The van der Waals surface area contributed by atoms with Crippen LogP contribution in [-0.4, -0.2) is 9.13 Å². The molecule has 0 spiro atoms. The van der Waals surface area contributed by atoms with Gasteiger partial charge in [-0.2, -0.15) is 0 Å². The minimum absolute atomic E-state index is 1.07. The van der Waals surface area contributed by atoms with E-state index in [4.69, 9.17) is 0 Å². The fourth-order valence-electron chi connectivity index (χ4n) is 8.65. The lowest BCUT2D eigenvalue weighted by Crippen LogP contribution is -1.97. The molecule has 0 N–H and O–H groups in total. The highest BCUT2D eigenvalue weighted by Crippen LogP contribution is 2.42. The highest BCUT2D eigenvalue weighted by atomic mass is 15.0. The SMILES string of the molecule is C1=Cc2ccc3c(c2CC1)c1c2ccccc2ccc1n3-c1ccc2c(c1)c1ccccc1n2-c1ccc(-c2ccc3ccccc3c2)cc1. The second-order valence-corrected chi connectivity index (χ2v) is 13.6. The zero-order chi connectivity index (χ0) is 32.8. The maximum absolute atomic E-state index is 2.50. The van der Waals surface area contributed by atoms with E-state index in [9.17, 15) is 0 Å². The van der Waals surface area contributed by atoms with Gasteiger partial charge in [0.2, 0.25) is 0 Å². The van der Waals surface area contributed by atoms with Gasteiger partial charge in [0.15, 0.2) is 0 Å². The Hall–Kier alpha value is -6.38. The van der Waals surface area contributed by atoms with Gasteiger partial charge in [0.1, 0.15) is 0 Å². The van der Waals surface area contributed by atoms with E-state index in [0.717, 1.165) is 18.5 Å². The lowest BCUT2D eigenvalue weighted by Gasteiger charge is -2.13. The zero-order valence-electron chi connectivity index (χ0n) is 27.5. The van der Waals surface area contributed by atoms with Crippen LogP contribution >= 0.6 is 0 Å². The molecule has 234 valence electrons. The molecular weight excluding hydrogens is 605 g/mol. The molecule has 0 bridgehead atoms. The molecule has 0 saturated heterocycles. The van der Waals surface area contributed by atoms with Crippen molar-refractivity contribution in [3.05, 3.63) is 175 Å². The Balaban J connectivity index is 1.12. The first-order valence-corrected chi connectivity index (χ1v) is 17.6. The van der Waals surface area contributed by atoms with Crippen LogP contribution in [-0.2, 0) is 6.42 Å². The highest BCUT2D eigenvalue weighted by molar-refractivity contribution is 6.23. The summed E-state index contributed by atoms with van der Waals surface area (Å²) in [6.07, 6.45) is 6.77. The smallest absolute Gasteiger partial charge is 0.0547 e. The number of hydrogen-bond donors (Lipinski definition) is 0. The molecule has 0 atom stereocenters. The van der Waals surface area contributed by atoms with Gasteiger partial charge in [0.25, 0.3) is 0 Å². The second kappa shape index (κ2) is 10.6. The predicted octanol–water partition coefficient (Wildman–Crippen LogP) is 12.8. The van der Waals surface area contributed by atoms with Crippen molar-refractivity contribution in [1.82, 2.24) is 9.13 Å². The molecule has 1 aliphatic carbocycles. The summed E-state index contributed by atoms with van der Waals surface area (Å²) >= 11 is 0. The standard InChI is InChI=1S/C48H32N2/c1-2-12-35-29-36(18-17-31(35)9-1)32-19-23-37(24-20-32)49-43-16-8-7-15-41(43)42-30-38(25-28-44(42)49)50-45-26-21-33-10-3-5-13-39(33)47(45)48-40-14-6-4-11-34(40)22-27-46(48)50/h1-5,7-13,15-30H,6,14H2. The molecule has 0 aliphatic heterocycles. The molecule has 0 saturated carbocycles. The molecule has 50 heavy (non-hydrogen) atoms. The van der Waals surface area contributed by atoms with Gasteiger partial charge in [-0.1, -0.05) is 115 Å². The molecule has 10 aromatic rings. The van der Waals surface area contributed by atoms with E-state index < -0.39 is 0 Å². The number of benzene rings is 8. The minimum Gasteiger partial charge on any atom is -0.309 e. The summed E-state index contributed by atoms with van der Waals surface area (Å²) in [5, 5.41) is 10.4. The van der Waals surface area contributed by atoms with Gasteiger partial charge in [-0.15, -0.1) is 0 Å². The Morgan fingerprint density at radius 2 is 1.04 bits per heavy atom. The Labute approximate surface area is 289 Å². The number of para-hydroxylation sites is 1. The van der Waals surface area contributed by atoms with E-state index in [1.165, 1.54) is 93.1 Å². The zero-order valence-corrected chi connectivity index (χ0v) is 27.5. The van der Waals surface area contributed by atoms with Crippen LogP contribution in [0.4, 0.5) is 0 Å². The molecule has 0 radical (unpaired) electrons. The summed E-state index contributed by atoms with van der Waals surface area (Å²) in [5.74, 6) is 0. The van der Waals surface area contributed by atoms with Crippen molar-refractivity contribution in [2.24, 2.45) is 0 Å². The van der Waals surface area contributed by atoms with Gasteiger partial charge in [0, 0.05) is 32.9 Å². The molecule has 8 aromatic carbocycles. The summed E-state index contributed by atoms with van der Waals surface area (Å²) in [5.41, 5.74) is 12.6. The number of hydrogen-bond acceptors (Lipinski definition) is 0. The quantitative estimate of drug-likeness (QED) is 0.183. The second-order valence-electron chi connectivity index (χ2n) is 13.6. The summed E-state index contributed by atoms with van der Waals surface area (Å²) in [6.45, 7) is 0. The van der Waals surface area contributed by atoms with Crippen LogP contribution < -0.4 is 0 Å². The molecule has 0 fully saturated rings. The summed E-state index contributed by atoms with van der Waals surface area (Å²) in [7, 11) is 0. The number of aromatic nitrogens is 2. The Morgan fingerprint density at radius 1 is 0.400 bits per heavy atom. The first-order valence-electron chi connectivity index (χ1n) is 17.6. The Morgan fingerprint density at radius 3 is 1.94 bits per heavy atom. The van der Waals surface area contributed by atoms with E-state index in [1.807, 2.05) is 0 Å². The Bertz CT molecular complexity index is 3020. The van der Waals surface area contributed by atoms with Crippen LogP contribution in [0.15, 0.2) is 164 Å². The predicted molar refractivity (Wildman–Crippen MR) is 213 cm³/mol. The normalized spacial score (nSPS) is 13.0. The minimum atomic E-state index is 1.07. The first-order chi connectivity index (χ1) is 24.8. The average molecular weight is 637 g/mol. The lowest BCUT2D eigenvalue weighted by atomic mass is 9.92. The van der Waals surface area contributed by atoms with Crippen LogP contribution in [0.3, 0.4) is 0 Å². The average Bonchev–Trinajstić information content (AvgIpc) is 3.71. The van der Waals surface area contributed by atoms with E-state index in [1.54, 1.807) is 0 Å². The largest absolute Gasteiger partial charge is 0.309 e. The van der Waals surface area contributed by atoms with Gasteiger partial charge in [-0.05, 0) is 111 Å². The maximum atomic E-state index is 2.50. The molecule has 0 amide bonds. The third-order valence-corrected chi connectivity index (χ3v) is 10.9. The number of nitrogens with zero attached hydrogens (tertiary/aromatic N) is 2. The molecule has 11 rings (SSSR count). The van der Waals surface area contributed by atoms with Gasteiger partial charge in [0.05, 0.1) is 22.1 Å². The number of rotatable bonds is 3. The lowest BCUT2D eigenvalue weighted by molar-refractivity contribution is 0.997. The third kappa shape index (κ3) is 3.96. The van der Waals surface area contributed by atoms with Gasteiger partial charge < -0.3 is 9.13 Å². The van der Waals surface area contributed by atoms with E-state index in [2.05, 4.69) is 179 Å². The topological polar surface area (TPSA) is 9.86 Å². The van der Waals surface area contributed by atoms with Crippen LogP contribution in [0.1, 0.15) is 17.5 Å². The summed E-state index contributed by atoms with van der Waals surface area (Å²) < 4.78 is 4.92. The molecule has 2 heterocycles. The van der Waals surface area contributed by atoms with E-state index >= 15 is 0 Å². The number of aryl methyl sites for hydroxylation is 1. The van der Waals surface area contributed by atoms with Gasteiger partial charge >= 0.3 is 0 Å². The van der Waals surface area contributed by atoms with Crippen molar-refractivity contribution >= 4 is 71.2 Å². The molecule has 2 heteroatoms. The number of allylic oxidation sites excluding steroid dienone is 1. The third-order valence-electron chi connectivity index (χ3n) is 10.9. The molecule has 0 unspecified atom stereocenters. The van der Waals surface area contributed by atoms with Crippen LogP contribution in [0, 0.1) is 0 Å².